The van der Waals surface area contributed by atoms with Gasteiger partial charge in [0.15, 0.2) is 11.5 Å². The predicted octanol–water partition coefficient (Wildman–Crippen LogP) is 4.53. The Morgan fingerprint density at radius 1 is 0.871 bits per heavy atom. The third-order valence-electron chi connectivity index (χ3n) is 5.51. The number of hydrogen-bond donors (Lipinski definition) is 0. The van der Waals surface area contributed by atoms with Gasteiger partial charge in [-0.05, 0) is 43.5 Å². The predicted molar refractivity (Wildman–Crippen MR) is 115 cm³/mol. The van der Waals surface area contributed by atoms with E-state index in [1.807, 2.05) is 57.2 Å². The molecular formula is C25H26O6. The highest BCUT2D eigenvalue weighted by molar-refractivity contribution is 5.97. The SMILES string of the molecule is CCOC1=C(OCC)C(c2ccc(C3CC(=O)OC3=O)cc2)c2cccc(OCC)c21. The number of hydrogen-bond acceptors (Lipinski definition) is 6. The minimum atomic E-state index is -0.539. The lowest BCUT2D eigenvalue weighted by Gasteiger charge is -2.18. The fourth-order valence-electron chi connectivity index (χ4n) is 4.28. The molecule has 162 valence electrons. The van der Waals surface area contributed by atoms with E-state index in [2.05, 4.69) is 6.07 Å². The van der Waals surface area contributed by atoms with Gasteiger partial charge in [-0.15, -0.1) is 0 Å². The molecule has 0 aromatic heterocycles. The van der Waals surface area contributed by atoms with E-state index in [0.717, 1.165) is 33.8 Å². The van der Waals surface area contributed by atoms with Crippen molar-refractivity contribution in [2.45, 2.75) is 39.0 Å². The molecule has 0 amide bonds. The molecule has 1 heterocycles. The lowest BCUT2D eigenvalue weighted by Crippen LogP contribution is -2.08. The second-order valence-electron chi connectivity index (χ2n) is 7.36. The molecule has 6 heteroatoms. The monoisotopic (exact) mass is 422 g/mol. The van der Waals surface area contributed by atoms with Gasteiger partial charge in [-0.3, -0.25) is 9.59 Å². The van der Waals surface area contributed by atoms with E-state index in [1.54, 1.807) is 0 Å². The van der Waals surface area contributed by atoms with Crippen LogP contribution in [0.3, 0.4) is 0 Å². The standard InChI is InChI=1S/C25H26O6/c1-4-28-19-9-7-8-17-21(23(29-5-2)24(22(17)19)30-6-3)16-12-10-15(11-13-16)18-14-20(26)31-25(18)27/h7-13,18,21H,4-6,14H2,1-3H3. The highest BCUT2D eigenvalue weighted by Crippen LogP contribution is 2.50. The van der Waals surface area contributed by atoms with Gasteiger partial charge < -0.3 is 18.9 Å². The average Bonchev–Trinajstić information content (AvgIpc) is 3.26. The van der Waals surface area contributed by atoms with Crippen LogP contribution in [0.4, 0.5) is 0 Å². The Morgan fingerprint density at radius 3 is 2.16 bits per heavy atom. The smallest absolute Gasteiger partial charge is 0.321 e. The maximum absolute atomic E-state index is 11.9. The van der Waals surface area contributed by atoms with Crippen LogP contribution in [0.25, 0.3) is 5.76 Å². The van der Waals surface area contributed by atoms with Crippen molar-refractivity contribution in [2.24, 2.45) is 0 Å². The molecule has 2 aromatic carbocycles. The summed E-state index contributed by atoms with van der Waals surface area (Å²) in [7, 11) is 0. The number of carbonyl (C=O) groups excluding carboxylic acids is 2. The number of carbonyl (C=O) groups is 2. The maximum atomic E-state index is 11.9. The molecule has 1 fully saturated rings. The van der Waals surface area contributed by atoms with E-state index in [4.69, 9.17) is 18.9 Å². The van der Waals surface area contributed by atoms with E-state index in [9.17, 15) is 9.59 Å². The van der Waals surface area contributed by atoms with Gasteiger partial charge in [-0.1, -0.05) is 36.4 Å². The summed E-state index contributed by atoms with van der Waals surface area (Å²) in [5.41, 5.74) is 3.76. The van der Waals surface area contributed by atoms with Gasteiger partial charge >= 0.3 is 11.9 Å². The molecule has 0 saturated carbocycles. The van der Waals surface area contributed by atoms with E-state index in [0.29, 0.717) is 25.6 Å². The first-order chi connectivity index (χ1) is 15.1. The molecule has 0 spiro atoms. The van der Waals surface area contributed by atoms with Gasteiger partial charge in [0.05, 0.1) is 43.6 Å². The Morgan fingerprint density at radius 2 is 1.55 bits per heavy atom. The minimum absolute atomic E-state index is 0.0841. The second-order valence-corrected chi connectivity index (χ2v) is 7.36. The lowest BCUT2D eigenvalue weighted by atomic mass is 9.89. The molecule has 0 bridgehead atoms. The van der Waals surface area contributed by atoms with Crippen molar-refractivity contribution in [3.8, 4) is 5.75 Å². The van der Waals surface area contributed by atoms with E-state index >= 15 is 0 Å². The van der Waals surface area contributed by atoms with Crippen LogP contribution in [0.2, 0.25) is 0 Å². The Labute approximate surface area is 181 Å². The van der Waals surface area contributed by atoms with Crippen molar-refractivity contribution >= 4 is 17.7 Å². The van der Waals surface area contributed by atoms with Crippen molar-refractivity contribution in [1.29, 1.82) is 0 Å². The van der Waals surface area contributed by atoms with Crippen molar-refractivity contribution in [3.63, 3.8) is 0 Å². The fraction of sp³-hybridized carbons (Fsp3) is 0.360. The summed E-state index contributed by atoms with van der Waals surface area (Å²) in [6, 6.07) is 13.7. The third kappa shape index (κ3) is 3.78. The largest absolute Gasteiger partial charge is 0.493 e. The quantitative estimate of drug-likeness (QED) is 0.460. The molecule has 31 heavy (non-hydrogen) atoms. The molecule has 0 N–H and O–H groups in total. The van der Waals surface area contributed by atoms with Gasteiger partial charge in [-0.2, -0.15) is 0 Å². The van der Waals surface area contributed by atoms with Gasteiger partial charge in [0.25, 0.3) is 0 Å². The summed E-state index contributed by atoms with van der Waals surface area (Å²) < 4.78 is 22.7. The fourth-order valence-corrected chi connectivity index (χ4v) is 4.28. The molecule has 2 aliphatic rings. The topological polar surface area (TPSA) is 71.1 Å². The summed E-state index contributed by atoms with van der Waals surface area (Å²) in [4.78, 5) is 23.4. The zero-order chi connectivity index (χ0) is 22.0. The molecule has 2 atom stereocenters. The highest BCUT2D eigenvalue weighted by Gasteiger charge is 2.38. The zero-order valence-electron chi connectivity index (χ0n) is 18.0. The zero-order valence-corrected chi connectivity index (χ0v) is 18.0. The first-order valence-corrected chi connectivity index (χ1v) is 10.7. The molecular weight excluding hydrogens is 396 g/mol. The molecule has 1 aliphatic heterocycles. The van der Waals surface area contributed by atoms with Crippen molar-refractivity contribution < 1.29 is 28.5 Å². The van der Waals surface area contributed by atoms with Gasteiger partial charge in [0.1, 0.15) is 5.75 Å². The van der Waals surface area contributed by atoms with Crippen LogP contribution in [-0.4, -0.2) is 31.8 Å². The summed E-state index contributed by atoms with van der Waals surface area (Å²) in [5, 5.41) is 0. The van der Waals surface area contributed by atoms with E-state index in [1.165, 1.54) is 0 Å². The normalized spacial score (nSPS) is 20.0. The minimum Gasteiger partial charge on any atom is -0.493 e. The molecule has 6 nitrogen and oxygen atoms in total. The summed E-state index contributed by atoms with van der Waals surface area (Å²) in [6.07, 6.45) is 0.0841. The summed E-state index contributed by atoms with van der Waals surface area (Å²) >= 11 is 0. The molecule has 2 aromatic rings. The van der Waals surface area contributed by atoms with Gasteiger partial charge in [0.2, 0.25) is 0 Å². The number of ether oxygens (including phenoxy) is 4. The summed E-state index contributed by atoms with van der Waals surface area (Å²) in [6.45, 7) is 7.42. The summed E-state index contributed by atoms with van der Waals surface area (Å²) in [5.74, 6) is 0.587. The number of benzene rings is 2. The van der Waals surface area contributed by atoms with Crippen LogP contribution < -0.4 is 4.74 Å². The molecule has 1 saturated heterocycles. The Kier molecular flexibility index (Phi) is 5.98. The average molecular weight is 422 g/mol. The van der Waals surface area contributed by atoms with Crippen LogP contribution in [0.15, 0.2) is 48.2 Å². The Balaban J connectivity index is 1.77. The number of allylic oxidation sites excluding steroid dienone is 1. The third-order valence-corrected chi connectivity index (χ3v) is 5.51. The molecule has 1 aliphatic carbocycles. The van der Waals surface area contributed by atoms with Crippen molar-refractivity contribution in [1.82, 2.24) is 0 Å². The second kappa shape index (κ2) is 8.84. The lowest BCUT2D eigenvalue weighted by molar-refractivity contribution is -0.152. The number of fused-ring (bicyclic) bond motifs is 1. The van der Waals surface area contributed by atoms with Crippen LogP contribution in [0, 0.1) is 0 Å². The molecule has 0 radical (unpaired) electrons. The number of cyclic esters (lactones) is 2. The van der Waals surface area contributed by atoms with Crippen molar-refractivity contribution in [2.75, 3.05) is 19.8 Å². The molecule has 4 rings (SSSR count). The Bertz CT molecular complexity index is 1020. The van der Waals surface area contributed by atoms with Crippen LogP contribution >= 0.6 is 0 Å². The van der Waals surface area contributed by atoms with Crippen LogP contribution in [0.1, 0.15) is 61.3 Å². The van der Waals surface area contributed by atoms with Crippen LogP contribution in [-0.2, 0) is 23.8 Å². The molecule has 2 unspecified atom stereocenters. The van der Waals surface area contributed by atoms with Gasteiger partial charge in [-0.25, -0.2) is 0 Å². The van der Waals surface area contributed by atoms with Crippen molar-refractivity contribution in [3.05, 3.63) is 70.5 Å². The number of esters is 2. The van der Waals surface area contributed by atoms with E-state index < -0.39 is 17.9 Å². The maximum Gasteiger partial charge on any atom is 0.321 e. The van der Waals surface area contributed by atoms with E-state index in [-0.39, 0.29) is 12.3 Å². The highest BCUT2D eigenvalue weighted by atomic mass is 16.6. The first kappa shape index (κ1) is 21.0. The number of rotatable bonds is 8. The first-order valence-electron chi connectivity index (χ1n) is 10.7. The van der Waals surface area contributed by atoms with Crippen LogP contribution in [0.5, 0.6) is 5.75 Å². The Hall–Kier alpha value is -3.28. The van der Waals surface area contributed by atoms with Gasteiger partial charge in [0, 0.05) is 0 Å².